The second-order valence-corrected chi connectivity index (χ2v) is 9.09. The van der Waals surface area contributed by atoms with Crippen LogP contribution >= 0.6 is 0 Å². The third-order valence-electron chi connectivity index (χ3n) is 2.41. The van der Waals surface area contributed by atoms with E-state index in [2.05, 4.69) is 0 Å². The minimum absolute atomic E-state index is 0.307. The second-order valence-electron chi connectivity index (χ2n) is 7.46. The van der Waals surface area contributed by atoms with Crippen molar-refractivity contribution in [2.24, 2.45) is 0 Å². The van der Waals surface area contributed by atoms with Crippen molar-refractivity contribution in [1.29, 1.82) is 5.41 Å². The fourth-order valence-corrected chi connectivity index (χ4v) is 1.51. The van der Waals surface area contributed by atoms with Gasteiger partial charge < -0.3 is 9.47 Å². The second kappa shape index (κ2) is 6.86. The van der Waals surface area contributed by atoms with Crippen LogP contribution in [0.2, 0.25) is 0 Å². The first-order chi connectivity index (χ1) is 9.99. The average molecular weight is 350 g/mol. The average Bonchev–Trinajstić information content (AvgIpc) is 2.23. The van der Waals surface area contributed by atoms with Crippen LogP contribution in [-0.4, -0.2) is 47.3 Å². The first-order valence-corrected chi connectivity index (χ1v) is 8.16. The summed E-state index contributed by atoms with van der Waals surface area (Å²) in [6.07, 6.45) is -2.33. The normalized spacial score (nSPS) is 12.7. The lowest BCUT2D eigenvalue weighted by molar-refractivity contribution is 0.0140. The Kier molecular flexibility index (Phi) is 6.37. The molecular formula is C14H26N2O6S. The maximum Gasteiger partial charge on any atom is 0.425 e. The molecule has 0 aliphatic carbocycles. The fourth-order valence-electron chi connectivity index (χ4n) is 1.23. The van der Waals surface area contributed by atoms with E-state index in [1.165, 1.54) is 13.8 Å². The largest absolute Gasteiger partial charge is 0.443 e. The Morgan fingerprint density at radius 2 is 1.13 bits per heavy atom. The van der Waals surface area contributed by atoms with E-state index in [0.29, 0.717) is 4.90 Å². The third-order valence-corrected chi connectivity index (χ3v) is 3.54. The molecule has 0 spiro atoms. The molecule has 0 saturated heterocycles. The minimum Gasteiger partial charge on any atom is -0.443 e. The summed E-state index contributed by atoms with van der Waals surface area (Å²) in [6, 6.07) is 0. The third kappa shape index (κ3) is 6.55. The smallest absolute Gasteiger partial charge is 0.425 e. The van der Waals surface area contributed by atoms with Gasteiger partial charge in [-0.15, -0.1) is 0 Å². The minimum atomic E-state index is -3.11. The number of imide groups is 1. The summed E-state index contributed by atoms with van der Waals surface area (Å²) in [5.74, 6) is -0.739. The molecule has 0 heterocycles. The molecular weight excluding hydrogens is 324 g/mol. The zero-order valence-corrected chi connectivity index (χ0v) is 15.7. The number of carbonyl (C=O) groups excluding carboxylic acids is 2. The topological polar surface area (TPSA) is 114 Å². The van der Waals surface area contributed by atoms with Crippen LogP contribution in [0.4, 0.5) is 9.59 Å². The quantitative estimate of drug-likeness (QED) is 0.449. The molecule has 0 aromatic rings. The van der Waals surface area contributed by atoms with Crippen LogP contribution in [0.5, 0.6) is 0 Å². The van der Waals surface area contributed by atoms with Crippen molar-refractivity contribution in [3.63, 3.8) is 0 Å². The van der Waals surface area contributed by atoms with Gasteiger partial charge in [0, 0.05) is 0 Å². The van der Waals surface area contributed by atoms with Crippen LogP contribution in [0.15, 0.2) is 0 Å². The zero-order valence-electron chi connectivity index (χ0n) is 14.8. The Morgan fingerprint density at radius 3 is 1.35 bits per heavy atom. The van der Waals surface area contributed by atoms with Gasteiger partial charge >= 0.3 is 12.2 Å². The highest BCUT2D eigenvalue weighted by atomic mass is 32.2. The molecule has 134 valence electrons. The van der Waals surface area contributed by atoms with Crippen LogP contribution < -0.4 is 0 Å². The van der Waals surface area contributed by atoms with Gasteiger partial charge in [0.2, 0.25) is 0 Å². The Bertz CT molecular complexity index is 531. The number of thiol groups is 1. The van der Waals surface area contributed by atoms with Gasteiger partial charge in [-0.3, -0.25) is 5.41 Å². The lowest BCUT2D eigenvalue weighted by atomic mass is 10.1. The molecule has 0 unspecified atom stereocenters. The van der Waals surface area contributed by atoms with Crippen molar-refractivity contribution in [3.05, 3.63) is 0 Å². The van der Waals surface area contributed by atoms with Crippen molar-refractivity contribution < 1.29 is 27.5 Å². The summed E-state index contributed by atoms with van der Waals surface area (Å²) in [4.78, 5) is 24.8. The SMILES string of the molecule is CC(C)(C)OC(=O)N(C(=N)C(C)(C)[SH](=O)=O)C(=O)OC(C)(C)C. The number of nitrogens with zero attached hydrogens (tertiary/aromatic N) is 1. The van der Waals surface area contributed by atoms with Crippen molar-refractivity contribution in [3.8, 4) is 0 Å². The predicted octanol–water partition coefficient (Wildman–Crippen LogP) is 2.53. The molecule has 0 aliphatic rings. The van der Waals surface area contributed by atoms with Crippen molar-refractivity contribution in [2.45, 2.75) is 71.3 Å². The highest BCUT2D eigenvalue weighted by Crippen LogP contribution is 2.20. The summed E-state index contributed by atoms with van der Waals surface area (Å²) in [5, 5.41) is 8.00. The van der Waals surface area contributed by atoms with Gasteiger partial charge in [-0.05, 0) is 55.4 Å². The van der Waals surface area contributed by atoms with Gasteiger partial charge in [-0.2, -0.15) is 4.90 Å². The number of nitrogens with one attached hydrogen (secondary N) is 1. The highest BCUT2D eigenvalue weighted by molar-refractivity contribution is 7.75. The van der Waals surface area contributed by atoms with E-state index >= 15 is 0 Å². The summed E-state index contributed by atoms with van der Waals surface area (Å²) in [7, 11) is -3.11. The van der Waals surface area contributed by atoms with Crippen LogP contribution in [0, 0.1) is 5.41 Å². The summed E-state index contributed by atoms with van der Waals surface area (Å²) in [6.45, 7) is 11.9. The molecule has 0 fully saturated rings. The van der Waals surface area contributed by atoms with E-state index in [9.17, 15) is 18.0 Å². The lowest BCUT2D eigenvalue weighted by Crippen LogP contribution is -2.53. The number of rotatable bonds is 2. The summed E-state index contributed by atoms with van der Waals surface area (Å²) < 4.78 is 31.1. The molecule has 0 bridgehead atoms. The molecule has 2 amide bonds. The summed E-state index contributed by atoms with van der Waals surface area (Å²) in [5.41, 5.74) is -1.86. The maximum absolute atomic E-state index is 12.3. The molecule has 0 atom stereocenters. The molecule has 1 N–H and O–H groups in total. The molecule has 0 radical (unpaired) electrons. The first-order valence-electron chi connectivity index (χ1n) is 6.98. The van der Waals surface area contributed by atoms with Gasteiger partial charge in [0.15, 0.2) is 10.7 Å². The maximum atomic E-state index is 12.3. The van der Waals surface area contributed by atoms with E-state index in [1.807, 2.05) is 0 Å². The number of carbonyl (C=O) groups is 2. The Balaban J connectivity index is 5.78. The summed E-state index contributed by atoms with van der Waals surface area (Å²) >= 11 is 0. The van der Waals surface area contributed by atoms with Gasteiger partial charge in [0.25, 0.3) is 0 Å². The van der Waals surface area contributed by atoms with E-state index in [1.54, 1.807) is 41.5 Å². The van der Waals surface area contributed by atoms with E-state index in [0.717, 1.165) is 0 Å². The van der Waals surface area contributed by atoms with E-state index in [-0.39, 0.29) is 0 Å². The van der Waals surface area contributed by atoms with Gasteiger partial charge in [-0.25, -0.2) is 18.0 Å². The van der Waals surface area contributed by atoms with Gasteiger partial charge in [0.1, 0.15) is 21.8 Å². The molecule has 23 heavy (non-hydrogen) atoms. The highest BCUT2D eigenvalue weighted by Gasteiger charge is 2.42. The van der Waals surface area contributed by atoms with Crippen LogP contribution in [-0.2, 0) is 20.2 Å². The lowest BCUT2D eigenvalue weighted by Gasteiger charge is -2.31. The molecule has 8 nitrogen and oxygen atoms in total. The zero-order chi connectivity index (χ0) is 18.8. The molecule has 0 aromatic carbocycles. The molecule has 0 rings (SSSR count). The Morgan fingerprint density at radius 1 is 0.826 bits per heavy atom. The van der Waals surface area contributed by atoms with Crippen LogP contribution in [0.25, 0.3) is 0 Å². The predicted molar refractivity (Wildman–Crippen MR) is 86.4 cm³/mol. The number of hydrogen-bond donors (Lipinski definition) is 2. The van der Waals surface area contributed by atoms with Gasteiger partial charge in [-0.1, -0.05) is 0 Å². The molecule has 0 aliphatic heterocycles. The van der Waals surface area contributed by atoms with Crippen molar-refractivity contribution in [2.75, 3.05) is 0 Å². The Labute approximate surface area is 138 Å². The Hall–Kier alpha value is -1.64. The number of amidine groups is 1. The number of amides is 2. The van der Waals surface area contributed by atoms with Crippen molar-refractivity contribution in [1.82, 2.24) is 4.90 Å². The fraction of sp³-hybridized carbons (Fsp3) is 0.786. The molecule has 9 heteroatoms. The standard InChI is InChI=1S/C14H26N2O6S/c1-12(2,3)21-10(17)16(11(18)22-13(4,5)6)9(15)14(7,8)23(19)20/h15,23H,1-8H3. The van der Waals surface area contributed by atoms with E-state index in [4.69, 9.17) is 14.9 Å². The number of ether oxygens (including phenoxy) is 2. The van der Waals surface area contributed by atoms with Crippen LogP contribution in [0.1, 0.15) is 55.4 Å². The number of hydrogen-bond acceptors (Lipinski definition) is 7. The van der Waals surface area contributed by atoms with Crippen molar-refractivity contribution >= 4 is 28.7 Å². The monoisotopic (exact) mass is 350 g/mol. The molecule has 0 aromatic heterocycles. The first kappa shape index (κ1) is 21.4. The van der Waals surface area contributed by atoms with Gasteiger partial charge in [0.05, 0.1) is 0 Å². The van der Waals surface area contributed by atoms with Crippen LogP contribution in [0.3, 0.4) is 0 Å². The molecule has 0 saturated carbocycles. The van der Waals surface area contributed by atoms with E-state index < -0.39 is 44.7 Å².